The number of aliphatic hydroxyl groups is 1. The third kappa shape index (κ3) is 7.33. The maximum Gasteiger partial charge on any atom is 0.407 e. The Hall–Kier alpha value is -1.03. The molecule has 13 heavy (non-hydrogen) atoms. The Balaban J connectivity index is 3.39. The minimum atomic E-state index is -0.440. The fourth-order valence-electron chi connectivity index (χ4n) is 0.766. The second-order valence-electron chi connectivity index (χ2n) is 2.89. The van der Waals surface area contributed by atoms with Gasteiger partial charge < -0.3 is 15.2 Å². The summed E-state index contributed by atoms with van der Waals surface area (Å²) >= 11 is 0. The fraction of sp³-hybridized carbons (Fsp3) is 0.667. The molecule has 0 fully saturated rings. The van der Waals surface area contributed by atoms with E-state index in [1.807, 2.05) is 6.92 Å². The van der Waals surface area contributed by atoms with Gasteiger partial charge in [0, 0.05) is 13.2 Å². The standard InChI is InChI=1S/C9H17NO3/c1-3-6-13-9(12)10-7-8(2)4-5-11/h3,8,11H,1,4-7H2,2H3,(H,10,12). The first-order valence-electron chi connectivity index (χ1n) is 4.33. The molecule has 4 heteroatoms. The lowest BCUT2D eigenvalue weighted by Gasteiger charge is -2.10. The van der Waals surface area contributed by atoms with Gasteiger partial charge >= 0.3 is 6.09 Å². The van der Waals surface area contributed by atoms with Crippen molar-refractivity contribution in [1.29, 1.82) is 0 Å². The highest BCUT2D eigenvalue weighted by Crippen LogP contribution is 1.97. The predicted octanol–water partition coefficient (Wildman–Crippen LogP) is 0.917. The number of aliphatic hydroxyl groups excluding tert-OH is 1. The van der Waals surface area contributed by atoms with Crippen molar-refractivity contribution >= 4 is 6.09 Å². The van der Waals surface area contributed by atoms with Crippen molar-refractivity contribution in [3.8, 4) is 0 Å². The Morgan fingerprint density at radius 1 is 1.77 bits per heavy atom. The summed E-state index contributed by atoms with van der Waals surface area (Å²) in [5, 5.41) is 11.2. The lowest BCUT2D eigenvalue weighted by molar-refractivity contribution is 0.155. The van der Waals surface area contributed by atoms with Crippen LogP contribution in [0.5, 0.6) is 0 Å². The van der Waals surface area contributed by atoms with E-state index in [0.29, 0.717) is 13.0 Å². The number of amides is 1. The number of ether oxygens (including phenoxy) is 1. The summed E-state index contributed by atoms with van der Waals surface area (Å²) in [4.78, 5) is 10.9. The van der Waals surface area contributed by atoms with Gasteiger partial charge in [-0.25, -0.2) is 4.79 Å². The van der Waals surface area contributed by atoms with Gasteiger partial charge in [0.05, 0.1) is 0 Å². The molecule has 2 N–H and O–H groups in total. The molecular weight excluding hydrogens is 170 g/mol. The zero-order valence-corrected chi connectivity index (χ0v) is 7.95. The quantitative estimate of drug-likeness (QED) is 0.608. The van der Waals surface area contributed by atoms with Gasteiger partial charge in [0.25, 0.3) is 0 Å². The summed E-state index contributed by atoms with van der Waals surface area (Å²) in [7, 11) is 0. The Labute approximate surface area is 78.6 Å². The maximum absolute atomic E-state index is 10.9. The largest absolute Gasteiger partial charge is 0.445 e. The lowest BCUT2D eigenvalue weighted by atomic mass is 10.1. The Morgan fingerprint density at radius 3 is 3.00 bits per heavy atom. The van der Waals surface area contributed by atoms with Crippen molar-refractivity contribution in [2.75, 3.05) is 19.8 Å². The smallest absolute Gasteiger partial charge is 0.407 e. The number of hydrogen-bond acceptors (Lipinski definition) is 3. The Kier molecular flexibility index (Phi) is 7.01. The minimum Gasteiger partial charge on any atom is -0.445 e. The predicted molar refractivity (Wildman–Crippen MR) is 50.4 cm³/mol. The summed E-state index contributed by atoms with van der Waals surface area (Å²) in [6.07, 6.45) is 1.75. The normalized spacial score (nSPS) is 11.8. The van der Waals surface area contributed by atoms with Crippen molar-refractivity contribution < 1.29 is 14.6 Å². The van der Waals surface area contributed by atoms with Crippen molar-refractivity contribution in [2.24, 2.45) is 5.92 Å². The number of alkyl carbamates (subject to hydrolysis) is 1. The molecule has 0 aliphatic rings. The molecule has 0 rings (SSSR count). The molecule has 0 spiro atoms. The van der Waals surface area contributed by atoms with Gasteiger partial charge in [-0.2, -0.15) is 0 Å². The van der Waals surface area contributed by atoms with Crippen molar-refractivity contribution in [3.63, 3.8) is 0 Å². The van der Waals surface area contributed by atoms with E-state index < -0.39 is 6.09 Å². The summed E-state index contributed by atoms with van der Waals surface area (Å²) in [5.74, 6) is 0.265. The van der Waals surface area contributed by atoms with E-state index >= 15 is 0 Å². The van der Waals surface area contributed by atoms with Crippen LogP contribution in [0.1, 0.15) is 13.3 Å². The van der Waals surface area contributed by atoms with Crippen LogP contribution in [0.3, 0.4) is 0 Å². The van der Waals surface area contributed by atoms with Crippen molar-refractivity contribution in [3.05, 3.63) is 12.7 Å². The summed E-state index contributed by atoms with van der Waals surface area (Å²) in [5.41, 5.74) is 0. The average molecular weight is 187 g/mol. The van der Waals surface area contributed by atoms with Gasteiger partial charge in [-0.3, -0.25) is 0 Å². The van der Waals surface area contributed by atoms with Crippen LogP contribution < -0.4 is 5.32 Å². The number of hydrogen-bond donors (Lipinski definition) is 2. The van der Waals surface area contributed by atoms with E-state index in [2.05, 4.69) is 16.6 Å². The van der Waals surface area contributed by atoms with Gasteiger partial charge in [0.15, 0.2) is 0 Å². The first-order valence-corrected chi connectivity index (χ1v) is 4.33. The zero-order valence-electron chi connectivity index (χ0n) is 7.95. The minimum absolute atomic E-state index is 0.143. The second-order valence-corrected chi connectivity index (χ2v) is 2.89. The molecule has 76 valence electrons. The van der Waals surface area contributed by atoms with Gasteiger partial charge in [-0.15, -0.1) is 0 Å². The molecule has 0 bridgehead atoms. The van der Waals surface area contributed by atoms with Crippen molar-refractivity contribution in [1.82, 2.24) is 5.32 Å². The molecule has 0 saturated heterocycles. The molecule has 0 aromatic heterocycles. The van der Waals surface area contributed by atoms with Gasteiger partial charge in [0.1, 0.15) is 6.61 Å². The Bertz CT molecular complexity index is 159. The van der Waals surface area contributed by atoms with E-state index in [0.717, 1.165) is 0 Å². The van der Waals surface area contributed by atoms with Crippen LogP contribution in [0.25, 0.3) is 0 Å². The number of rotatable bonds is 6. The van der Waals surface area contributed by atoms with E-state index in [9.17, 15) is 4.79 Å². The highest BCUT2D eigenvalue weighted by molar-refractivity contribution is 5.67. The molecule has 0 radical (unpaired) electrons. The molecule has 0 aromatic carbocycles. The van der Waals surface area contributed by atoms with Crippen LogP contribution in [0, 0.1) is 5.92 Å². The number of nitrogens with one attached hydrogen (secondary N) is 1. The van der Waals surface area contributed by atoms with Crippen LogP contribution in [0.4, 0.5) is 4.79 Å². The first-order chi connectivity index (χ1) is 6.20. The van der Waals surface area contributed by atoms with Crippen LogP contribution in [-0.4, -0.2) is 31.0 Å². The van der Waals surface area contributed by atoms with Crippen LogP contribution in [-0.2, 0) is 4.74 Å². The molecule has 4 nitrogen and oxygen atoms in total. The molecule has 1 amide bonds. The summed E-state index contributed by atoms with van der Waals surface area (Å²) in [6, 6.07) is 0. The lowest BCUT2D eigenvalue weighted by Crippen LogP contribution is -2.29. The molecule has 0 aliphatic carbocycles. The molecule has 0 aromatic rings. The number of carbonyl (C=O) groups is 1. The summed E-state index contributed by atoms with van der Waals surface area (Å²) < 4.78 is 4.69. The van der Waals surface area contributed by atoms with E-state index in [1.165, 1.54) is 6.08 Å². The van der Waals surface area contributed by atoms with E-state index in [1.54, 1.807) is 0 Å². The van der Waals surface area contributed by atoms with Gasteiger partial charge in [-0.05, 0) is 12.3 Å². The average Bonchev–Trinajstić information content (AvgIpc) is 2.12. The third-order valence-electron chi connectivity index (χ3n) is 1.55. The van der Waals surface area contributed by atoms with Crippen LogP contribution >= 0.6 is 0 Å². The maximum atomic E-state index is 10.9. The molecule has 0 saturated carbocycles. The van der Waals surface area contributed by atoms with E-state index in [4.69, 9.17) is 5.11 Å². The Morgan fingerprint density at radius 2 is 2.46 bits per heavy atom. The monoisotopic (exact) mass is 187 g/mol. The van der Waals surface area contributed by atoms with E-state index in [-0.39, 0.29) is 19.1 Å². The fourth-order valence-corrected chi connectivity index (χ4v) is 0.766. The first kappa shape index (κ1) is 12.0. The van der Waals surface area contributed by atoms with Crippen LogP contribution in [0.2, 0.25) is 0 Å². The molecule has 1 atom stereocenters. The second kappa shape index (κ2) is 7.61. The third-order valence-corrected chi connectivity index (χ3v) is 1.55. The highest BCUT2D eigenvalue weighted by atomic mass is 16.5. The molecule has 1 unspecified atom stereocenters. The van der Waals surface area contributed by atoms with Gasteiger partial charge in [0.2, 0.25) is 0 Å². The van der Waals surface area contributed by atoms with Crippen LogP contribution in [0.15, 0.2) is 12.7 Å². The molecule has 0 heterocycles. The highest BCUT2D eigenvalue weighted by Gasteiger charge is 2.04. The molecule has 0 aliphatic heterocycles. The topological polar surface area (TPSA) is 58.6 Å². The van der Waals surface area contributed by atoms with Gasteiger partial charge in [-0.1, -0.05) is 19.6 Å². The zero-order chi connectivity index (χ0) is 10.1. The SMILES string of the molecule is C=CCOC(=O)NCC(C)CCO. The van der Waals surface area contributed by atoms with Crippen molar-refractivity contribution in [2.45, 2.75) is 13.3 Å². The summed E-state index contributed by atoms with van der Waals surface area (Å²) in [6.45, 7) is 6.26. The molecular formula is C9H17NO3. The number of carbonyl (C=O) groups excluding carboxylic acids is 1.